The maximum Gasteiger partial charge on any atom is 0.225 e. The van der Waals surface area contributed by atoms with Crippen molar-refractivity contribution >= 4 is 27.4 Å². The van der Waals surface area contributed by atoms with Crippen LogP contribution < -0.4 is 4.90 Å². The van der Waals surface area contributed by atoms with Crippen LogP contribution in [0.2, 0.25) is 0 Å². The Hall–Kier alpha value is -2.02. The summed E-state index contributed by atoms with van der Waals surface area (Å²) < 4.78 is 1.29. The van der Waals surface area contributed by atoms with E-state index in [2.05, 4.69) is 50.1 Å². The molecular formula is C18H20N4OS. The molecule has 0 atom stereocenters. The number of β-amino-alcohol motifs (C(OH)–C–C–N with tert-alkyl or cyclic N) is 1. The summed E-state index contributed by atoms with van der Waals surface area (Å²) in [6.07, 6.45) is 3.85. The molecule has 1 saturated heterocycles. The first-order chi connectivity index (χ1) is 11.8. The van der Waals surface area contributed by atoms with Crippen molar-refractivity contribution in [2.75, 3.05) is 44.2 Å². The lowest BCUT2D eigenvalue weighted by Crippen LogP contribution is -2.47. The summed E-state index contributed by atoms with van der Waals surface area (Å²) in [5, 5.41) is 10.3. The van der Waals surface area contributed by atoms with E-state index in [4.69, 9.17) is 5.11 Å². The second-order valence-electron chi connectivity index (χ2n) is 5.97. The molecular weight excluding hydrogens is 320 g/mol. The van der Waals surface area contributed by atoms with E-state index in [1.165, 1.54) is 15.0 Å². The topological polar surface area (TPSA) is 52.5 Å². The van der Waals surface area contributed by atoms with E-state index in [0.717, 1.165) is 44.2 Å². The number of thiophene rings is 1. The van der Waals surface area contributed by atoms with Gasteiger partial charge in [0, 0.05) is 60.3 Å². The zero-order chi connectivity index (χ0) is 16.4. The summed E-state index contributed by atoms with van der Waals surface area (Å²) in [7, 11) is 0. The van der Waals surface area contributed by atoms with Crippen molar-refractivity contribution in [3.8, 4) is 10.4 Å². The second kappa shape index (κ2) is 6.84. The normalized spacial score (nSPS) is 16.0. The first-order valence-corrected chi connectivity index (χ1v) is 9.04. The Bertz CT molecular complexity index is 776. The highest BCUT2D eigenvalue weighted by molar-refractivity contribution is 7.22. The zero-order valence-electron chi connectivity index (χ0n) is 13.4. The Morgan fingerprint density at radius 2 is 1.79 bits per heavy atom. The largest absolute Gasteiger partial charge is 0.395 e. The van der Waals surface area contributed by atoms with Crippen molar-refractivity contribution in [2.45, 2.75) is 0 Å². The predicted molar refractivity (Wildman–Crippen MR) is 98.6 cm³/mol. The van der Waals surface area contributed by atoms with Crippen molar-refractivity contribution in [2.24, 2.45) is 0 Å². The molecule has 0 unspecified atom stereocenters. The molecule has 0 radical (unpaired) electrons. The number of rotatable bonds is 4. The number of nitrogens with zero attached hydrogens (tertiary/aromatic N) is 4. The van der Waals surface area contributed by atoms with Gasteiger partial charge in [-0.15, -0.1) is 11.3 Å². The molecule has 6 heteroatoms. The first kappa shape index (κ1) is 15.5. The summed E-state index contributed by atoms with van der Waals surface area (Å²) in [6, 6.07) is 10.6. The van der Waals surface area contributed by atoms with Crippen LogP contribution in [-0.4, -0.2) is 59.3 Å². The summed E-state index contributed by atoms with van der Waals surface area (Å²) in [5.74, 6) is 0.795. The minimum Gasteiger partial charge on any atom is -0.395 e. The SMILES string of the molecule is OCCN1CCN(c2ncc(-c3cc4ccccc4s3)cn2)CC1. The lowest BCUT2D eigenvalue weighted by atomic mass is 10.2. The van der Waals surface area contributed by atoms with Gasteiger partial charge >= 0.3 is 0 Å². The van der Waals surface area contributed by atoms with Crippen LogP contribution in [0, 0.1) is 0 Å². The molecule has 4 rings (SSSR count). The Morgan fingerprint density at radius 1 is 1.04 bits per heavy atom. The van der Waals surface area contributed by atoms with E-state index >= 15 is 0 Å². The summed E-state index contributed by atoms with van der Waals surface area (Å²) >= 11 is 1.77. The number of benzene rings is 1. The van der Waals surface area contributed by atoms with Crippen molar-refractivity contribution in [1.29, 1.82) is 0 Å². The van der Waals surface area contributed by atoms with Crippen molar-refractivity contribution in [1.82, 2.24) is 14.9 Å². The predicted octanol–water partition coefficient (Wildman–Crippen LogP) is 2.47. The number of hydrogen-bond acceptors (Lipinski definition) is 6. The third kappa shape index (κ3) is 3.13. The third-order valence-electron chi connectivity index (χ3n) is 4.42. The molecule has 0 amide bonds. The van der Waals surface area contributed by atoms with Gasteiger partial charge < -0.3 is 10.0 Å². The van der Waals surface area contributed by atoms with E-state index in [1.54, 1.807) is 11.3 Å². The maximum atomic E-state index is 9.01. The Morgan fingerprint density at radius 3 is 2.50 bits per heavy atom. The molecule has 24 heavy (non-hydrogen) atoms. The smallest absolute Gasteiger partial charge is 0.225 e. The Kier molecular flexibility index (Phi) is 4.42. The minimum absolute atomic E-state index is 0.223. The number of piperazine rings is 1. The molecule has 3 aromatic rings. The molecule has 1 fully saturated rings. The fourth-order valence-electron chi connectivity index (χ4n) is 3.05. The molecule has 1 aliphatic heterocycles. The van der Waals surface area contributed by atoms with E-state index in [1.807, 2.05) is 12.4 Å². The van der Waals surface area contributed by atoms with Crippen LogP contribution in [0.1, 0.15) is 0 Å². The van der Waals surface area contributed by atoms with E-state index in [9.17, 15) is 0 Å². The molecule has 0 saturated carbocycles. The lowest BCUT2D eigenvalue weighted by molar-refractivity contribution is 0.188. The highest BCUT2D eigenvalue weighted by atomic mass is 32.1. The van der Waals surface area contributed by atoms with Gasteiger partial charge in [-0.3, -0.25) is 4.90 Å². The first-order valence-electron chi connectivity index (χ1n) is 8.22. The summed E-state index contributed by atoms with van der Waals surface area (Å²) in [6.45, 7) is 4.67. The number of anilines is 1. The molecule has 124 valence electrons. The highest BCUT2D eigenvalue weighted by Crippen LogP contribution is 2.32. The minimum atomic E-state index is 0.223. The third-order valence-corrected chi connectivity index (χ3v) is 5.58. The standard InChI is InChI=1S/C18H20N4OS/c23-10-9-21-5-7-22(8-6-21)18-19-12-15(13-20-18)17-11-14-3-1-2-4-16(14)24-17/h1-4,11-13,23H,5-10H2. The molecule has 3 heterocycles. The van der Waals surface area contributed by atoms with Gasteiger partial charge in [-0.05, 0) is 17.5 Å². The molecule has 0 bridgehead atoms. The average molecular weight is 340 g/mol. The van der Waals surface area contributed by atoms with Crippen LogP contribution >= 0.6 is 11.3 Å². The van der Waals surface area contributed by atoms with Crippen molar-refractivity contribution in [3.63, 3.8) is 0 Å². The van der Waals surface area contributed by atoms with E-state index < -0.39 is 0 Å². The summed E-state index contributed by atoms with van der Waals surface area (Å²) in [4.78, 5) is 14.8. The lowest BCUT2D eigenvalue weighted by Gasteiger charge is -2.34. The number of aromatic nitrogens is 2. The van der Waals surface area contributed by atoms with Gasteiger partial charge in [0.05, 0.1) is 6.61 Å². The van der Waals surface area contributed by atoms with Gasteiger partial charge in [0.15, 0.2) is 0 Å². The van der Waals surface area contributed by atoms with E-state index in [-0.39, 0.29) is 6.61 Å². The number of aliphatic hydroxyl groups is 1. The van der Waals surface area contributed by atoms with Gasteiger partial charge in [0.25, 0.3) is 0 Å². The molecule has 1 aliphatic rings. The van der Waals surface area contributed by atoms with Crippen LogP contribution in [-0.2, 0) is 0 Å². The van der Waals surface area contributed by atoms with Crippen LogP contribution in [0.25, 0.3) is 20.5 Å². The average Bonchev–Trinajstić information content (AvgIpc) is 3.07. The van der Waals surface area contributed by atoms with Gasteiger partial charge in [-0.2, -0.15) is 0 Å². The molecule has 1 N–H and O–H groups in total. The van der Waals surface area contributed by atoms with Crippen LogP contribution in [0.4, 0.5) is 5.95 Å². The van der Waals surface area contributed by atoms with E-state index in [0.29, 0.717) is 0 Å². The highest BCUT2D eigenvalue weighted by Gasteiger charge is 2.18. The second-order valence-corrected chi connectivity index (χ2v) is 7.06. The molecule has 5 nitrogen and oxygen atoms in total. The number of hydrogen-bond donors (Lipinski definition) is 1. The van der Waals surface area contributed by atoms with Crippen molar-refractivity contribution < 1.29 is 5.11 Å². The quantitative estimate of drug-likeness (QED) is 0.791. The fraction of sp³-hybridized carbons (Fsp3) is 0.333. The Labute approximate surface area is 145 Å². The number of aliphatic hydroxyl groups excluding tert-OH is 1. The molecule has 0 spiro atoms. The number of fused-ring (bicyclic) bond motifs is 1. The van der Waals surface area contributed by atoms with Gasteiger partial charge in [0.1, 0.15) is 0 Å². The van der Waals surface area contributed by atoms with Crippen LogP contribution in [0.3, 0.4) is 0 Å². The summed E-state index contributed by atoms with van der Waals surface area (Å²) in [5.41, 5.74) is 1.07. The van der Waals surface area contributed by atoms with Crippen molar-refractivity contribution in [3.05, 3.63) is 42.7 Å². The molecule has 0 aliphatic carbocycles. The fourth-order valence-corrected chi connectivity index (χ4v) is 4.09. The Balaban J connectivity index is 1.49. The van der Waals surface area contributed by atoms with Crippen LogP contribution in [0.15, 0.2) is 42.7 Å². The maximum absolute atomic E-state index is 9.01. The molecule has 2 aromatic heterocycles. The molecule has 1 aromatic carbocycles. The van der Waals surface area contributed by atoms with Crippen LogP contribution in [0.5, 0.6) is 0 Å². The van der Waals surface area contributed by atoms with Gasteiger partial charge in [-0.25, -0.2) is 9.97 Å². The zero-order valence-corrected chi connectivity index (χ0v) is 14.2. The van der Waals surface area contributed by atoms with Gasteiger partial charge in [-0.1, -0.05) is 18.2 Å². The monoisotopic (exact) mass is 340 g/mol. The van der Waals surface area contributed by atoms with Gasteiger partial charge in [0.2, 0.25) is 5.95 Å².